The van der Waals surface area contributed by atoms with Crippen LogP contribution in [0.2, 0.25) is 0 Å². The molecule has 3 aromatic carbocycles. The lowest BCUT2D eigenvalue weighted by Gasteiger charge is -2.42. The fraction of sp³-hybridized carbons (Fsp3) is 0.344. The van der Waals surface area contributed by atoms with Crippen LogP contribution in [0.25, 0.3) is 11.4 Å². The third-order valence-electron chi connectivity index (χ3n) is 8.19. The summed E-state index contributed by atoms with van der Waals surface area (Å²) in [5.41, 5.74) is -0.514. The van der Waals surface area contributed by atoms with Crippen LogP contribution in [0, 0.1) is 17.2 Å². The third kappa shape index (κ3) is 5.08. The second-order valence-electron chi connectivity index (χ2n) is 10.9. The van der Waals surface area contributed by atoms with Crippen molar-refractivity contribution in [3.63, 3.8) is 0 Å². The van der Waals surface area contributed by atoms with Crippen molar-refractivity contribution in [2.75, 3.05) is 0 Å². The van der Waals surface area contributed by atoms with Gasteiger partial charge in [0.25, 0.3) is 0 Å². The summed E-state index contributed by atoms with van der Waals surface area (Å²) in [7, 11) is 0. The molecule has 0 bridgehead atoms. The maximum Gasteiger partial charge on any atom is 0.416 e. The lowest BCUT2D eigenvalue weighted by Crippen LogP contribution is -2.43. The first-order chi connectivity index (χ1) is 19.3. The van der Waals surface area contributed by atoms with Gasteiger partial charge in [0.2, 0.25) is 0 Å². The average Bonchev–Trinajstić information content (AvgIpc) is 3.70. The van der Waals surface area contributed by atoms with E-state index in [9.17, 15) is 18.4 Å². The van der Waals surface area contributed by atoms with Crippen LogP contribution in [0.3, 0.4) is 0 Å². The van der Waals surface area contributed by atoms with Gasteiger partial charge in [0, 0.05) is 12.1 Å². The second kappa shape index (κ2) is 10.1. The highest BCUT2D eigenvalue weighted by Gasteiger charge is 2.49. The van der Waals surface area contributed by atoms with Crippen molar-refractivity contribution in [2.45, 2.75) is 62.3 Å². The topological polar surface area (TPSA) is 63.7 Å². The maximum absolute atomic E-state index is 13.2. The van der Waals surface area contributed by atoms with Crippen molar-refractivity contribution in [2.24, 2.45) is 5.92 Å². The van der Waals surface area contributed by atoms with Gasteiger partial charge >= 0.3 is 6.18 Å². The first-order valence-corrected chi connectivity index (χ1v) is 13.6. The number of nitrogens with zero attached hydrogens (tertiary/aromatic N) is 4. The summed E-state index contributed by atoms with van der Waals surface area (Å²) >= 11 is 0. The number of alkyl halides is 3. The molecule has 2 fully saturated rings. The van der Waals surface area contributed by atoms with Crippen LogP contribution in [-0.4, -0.2) is 14.8 Å². The smallest absolute Gasteiger partial charge is 0.416 e. The van der Waals surface area contributed by atoms with Crippen molar-refractivity contribution in [3.8, 4) is 23.2 Å². The lowest BCUT2D eigenvalue weighted by atomic mass is 9.65. The van der Waals surface area contributed by atoms with E-state index < -0.39 is 22.8 Å². The van der Waals surface area contributed by atoms with Crippen LogP contribution < -0.4 is 4.74 Å². The van der Waals surface area contributed by atoms with Crippen molar-refractivity contribution >= 4 is 0 Å². The van der Waals surface area contributed by atoms with Crippen LogP contribution in [0.5, 0.6) is 5.75 Å². The summed E-state index contributed by atoms with van der Waals surface area (Å²) in [6, 6.07) is 26.9. The van der Waals surface area contributed by atoms with E-state index in [0.29, 0.717) is 43.2 Å². The molecule has 2 saturated carbocycles. The number of ether oxygens (including phenoxy) is 1. The first-order valence-electron chi connectivity index (χ1n) is 13.6. The molecule has 8 heteroatoms. The third-order valence-corrected chi connectivity index (χ3v) is 8.19. The summed E-state index contributed by atoms with van der Waals surface area (Å²) in [6.07, 6.45) is -0.234. The van der Waals surface area contributed by atoms with E-state index in [-0.39, 0.29) is 0 Å². The summed E-state index contributed by atoms with van der Waals surface area (Å²) in [5.74, 6) is 2.13. The molecular formula is C32H29F3N4O. The number of nitriles is 1. The molecule has 0 unspecified atom stereocenters. The first kappa shape index (κ1) is 26.1. The zero-order valence-electron chi connectivity index (χ0n) is 21.9. The summed E-state index contributed by atoms with van der Waals surface area (Å²) in [6.45, 7) is 0.750. The van der Waals surface area contributed by atoms with E-state index in [1.165, 1.54) is 12.1 Å². The van der Waals surface area contributed by atoms with Gasteiger partial charge < -0.3 is 4.74 Å². The van der Waals surface area contributed by atoms with Crippen molar-refractivity contribution < 1.29 is 17.9 Å². The minimum Gasteiger partial charge on any atom is -0.479 e. The normalized spacial score (nSPS) is 22.9. The summed E-state index contributed by atoms with van der Waals surface area (Å²) in [5, 5.41) is 15.3. The highest BCUT2D eigenvalue weighted by atomic mass is 19.4. The van der Waals surface area contributed by atoms with Gasteiger partial charge in [0.1, 0.15) is 5.75 Å². The van der Waals surface area contributed by atoms with Crippen molar-refractivity contribution in [3.05, 3.63) is 102 Å². The molecule has 0 aliphatic heterocycles. The Bertz CT molecular complexity index is 1500. The van der Waals surface area contributed by atoms with Crippen LogP contribution >= 0.6 is 0 Å². The monoisotopic (exact) mass is 542 g/mol. The molecule has 2 aliphatic carbocycles. The second-order valence-corrected chi connectivity index (χ2v) is 10.9. The molecule has 6 rings (SSSR count). The molecule has 0 radical (unpaired) electrons. The van der Waals surface area contributed by atoms with Gasteiger partial charge in [-0.3, -0.25) is 0 Å². The molecule has 0 atom stereocenters. The Morgan fingerprint density at radius 3 is 2.08 bits per heavy atom. The molecule has 0 saturated heterocycles. The molecule has 0 amide bonds. The molecule has 0 spiro atoms. The van der Waals surface area contributed by atoms with Gasteiger partial charge in [-0.25, -0.2) is 9.67 Å². The van der Waals surface area contributed by atoms with Gasteiger partial charge in [0.05, 0.1) is 17.0 Å². The molecular weight excluding hydrogens is 513 g/mol. The predicted molar refractivity (Wildman–Crippen MR) is 144 cm³/mol. The van der Waals surface area contributed by atoms with E-state index in [0.717, 1.165) is 48.5 Å². The van der Waals surface area contributed by atoms with Crippen molar-refractivity contribution in [1.29, 1.82) is 5.26 Å². The fourth-order valence-electron chi connectivity index (χ4n) is 5.62. The van der Waals surface area contributed by atoms with Crippen LogP contribution in [0.4, 0.5) is 13.2 Å². The Balaban J connectivity index is 1.40. The molecule has 4 aromatic rings. The Morgan fingerprint density at radius 1 is 0.875 bits per heavy atom. The Morgan fingerprint density at radius 2 is 1.50 bits per heavy atom. The number of hydrogen-bond acceptors (Lipinski definition) is 4. The van der Waals surface area contributed by atoms with E-state index in [4.69, 9.17) is 14.8 Å². The van der Waals surface area contributed by atoms with Gasteiger partial charge in [-0.15, -0.1) is 0 Å². The van der Waals surface area contributed by atoms with E-state index >= 15 is 0 Å². The number of rotatable bonds is 7. The van der Waals surface area contributed by atoms with E-state index in [1.807, 2.05) is 65.3 Å². The van der Waals surface area contributed by atoms with Crippen LogP contribution in [-0.2, 0) is 23.7 Å². The van der Waals surface area contributed by atoms with E-state index in [2.05, 4.69) is 6.07 Å². The Labute approximate surface area is 231 Å². The summed E-state index contributed by atoms with van der Waals surface area (Å²) in [4.78, 5) is 5.02. The van der Waals surface area contributed by atoms with Gasteiger partial charge in [-0.05, 0) is 74.3 Å². The van der Waals surface area contributed by atoms with Crippen LogP contribution in [0.1, 0.15) is 55.5 Å². The SMILES string of the molecule is N#CC1(c2ccccc2)CCC(Oc2ccc(C(F)(F)F)cc2)(c2nc(-c3ccccc3)n(CC3CC3)n2)CC1. The molecule has 40 heavy (non-hydrogen) atoms. The number of benzene rings is 3. The zero-order chi connectivity index (χ0) is 27.8. The standard InChI is InChI=1S/C32H29F3N4O/c33-32(34,35)26-13-15-27(16-14-26)40-31(19-17-30(22-36,18-20-31)25-9-5-2-6-10-25)29-37-28(24-7-3-1-4-8-24)39(38-29)21-23-11-12-23/h1-10,13-16,23H,11-12,17-21H2. The predicted octanol–water partition coefficient (Wildman–Crippen LogP) is 7.68. The number of halogens is 3. The average molecular weight is 543 g/mol. The molecule has 0 N–H and O–H groups in total. The molecule has 2 aliphatic rings. The Hall–Kier alpha value is -4.12. The van der Waals surface area contributed by atoms with Gasteiger partial charge in [0.15, 0.2) is 17.2 Å². The zero-order valence-corrected chi connectivity index (χ0v) is 21.9. The van der Waals surface area contributed by atoms with Crippen molar-refractivity contribution in [1.82, 2.24) is 14.8 Å². The maximum atomic E-state index is 13.2. The number of hydrogen-bond donors (Lipinski definition) is 0. The minimum atomic E-state index is -4.43. The highest BCUT2D eigenvalue weighted by Crippen LogP contribution is 2.49. The summed E-state index contributed by atoms with van der Waals surface area (Å²) < 4.78 is 48.2. The lowest BCUT2D eigenvalue weighted by molar-refractivity contribution is -0.137. The van der Waals surface area contributed by atoms with Gasteiger partial charge in [-0.2, -0.15) is 23.5 Å². The Kier molecular flexibility index (Phi) is 6.61. The molecule has 1 heterocycles. The highest BCUT2D eigenvalue weighted by molar-refractivity contribution is 5.55. The molecule has 204 valence electrons. The number of aromatic nitrogens is 3. The fourth-order valence-corrected chi connectivity index (χ4v) is 5.62. The van der Waals surface area contributed by atoms with E-state index in [1.54, 1.807) is 0 Å². The molecule has 1 aromatic heterocycles. The molecule has 5 nitrogen and oxygen atoms in total. The minimum absolute atomic E-state index is 0.317. The largest absolute Gasteiger partial charge is 0.479 e. The van der Waals surface area contributed by atoms with Gasteiger partial charge in [-0.1, -0.05) is 60.7 Å². The van der Waals surface area contributed by atoms with Crippen LogP contribution in [0.15, 0.2) is 84.9 Å². The quantitative estimate of drug-likeness (QED) is 0.240.